The maximum atomic E-state index is 5.81. The van der Waals surface area contributed by atoms with Crippen molar-refractivity contribution in [3.05, 3.63) is 35.9 Å². The van der Waals surface area contributed by atoms with Gasteiger partial charge in [-0.25, -0.2) is 0 Å². The van der Waals surface area contributed by atoms with Gasteiger partial charge in [0.15, 0.2) is 0 Å². The summed E-state index contributed by atoms with van der Waals surface area (Å²) in [7, 11) is 0. The van der Waals surface area contributed by atoms with Crippen molar-refractivity contribution in [1.82, 2.24) is 0 Å². The molecule has 1 aliphatic heterocycles. The molecule has 1 aliphatic rings. The van der Waals surface area contributed by atoms with Gasteiger partial charge in [-0.15, -0.1) is 11.6 Å². The van der Waals surface area contributed by atoms with E-state index in [-0.39, 0.29) is 6.10 Å². The van der Waals surface area contributed by atoms with Crippen LogP contribution < -0.4 is 4.90 Å². The molecule has 1 saturated heterocycles. The minimum absolute atomic E-state index is 0.235. The summed E-state index contributed by atoms with van der Waals surface area (Å²) in [5.41, 5.74) is 1.39. The number of quaternary nitrogens is 1. The molecule has 0 bridgehead atoms. The Morgan fingerprint density at radius 2 is 2.13 bits per heavy atom. The summed E-state index contributed by atoms with van der Waals surface area (Å²) in [6.45, 7) is 4.03. The molecule has 1 unspecified atom stereocenters. The minimum Gasteiger partial charge on any atom is -0.365 e. The van der Waals surface area contributed by atoms with E-state index in [4.69, 9.17) is 16.3 Å². The van der Waals surface area contributed by atoms with Gasteiger partial charge in [0.1, 0.15) is 25.7 Å². The van der Waals surface area contributed by atoms with Crippen LogP contribution >= 0.6 is 11.6 Å². The summed E-state index contributed by atoms with van der Waals surface area (Å²) in [5, 5.41) is 0. The highest BCUT2D eigenvalue weighted by Crippen LogP contribution is 1.98. The second-order valence-corrected chi connectivity index (χ2v) is 4.32. The van der Waals surface area contributed by atoms with Crippen molar-refractivity contribution in [3.63, 3.8) is 0 Å². The molecule has 1 aromatic carbocycles. The fourth-order valence-electron chi connectivity index (χ4n) is 2.00. The Morgan fingerprint density at radius 1 is 1.33 bits per heavy atom. The summed E-state index contributed by atoms with van der Waals surface area (Å²) in [5.74, 6) is 0.609. The first-order valence-electron chi connectivity index (χ1n) is 5.43. The molecule has 0 saturated carbocycles. The predicted molar refractivity (Wildman–Crippen MR) is 61.3 cm³/mol. The van der Waals surface area contributed by atoms with E-state index < -0.39 is 0 Å². The average molecular weight is 227 g/mol. The molecule has 0 radical (unpaired) electrons. The Balaban J connectivity index is 1.89. The molecular formula is C12H17ClNO+. The monoisotopic (exact) mass is 226 g/mol. The van der Waals surface area contributed by atoms with Crippen LogP contribution in [-0.4, -0.2) is 31.7 Å². The van der Waals surface area contributed by atoms with Gasteiger partial charge in [0.25, 0.3) is 0 Å². The van der Waals surface area contributed by atoms with E-state index in [0.29, 0.717) is 5.88 Å². The standard InChI is InChI=1S/C12H16ClNO/c13-8-12-10-14(6-7-15-12)9-11-4-2-1-3-5-11/h1-5,12H,6-10H2/p+1/t12-/m0/s1. The van der Waals surface area contributed by atoms with Crippen LogP contribution in [0.1, 0.15) is 5.56 Å². The minimum atomic E-state index is 0.235. The molecule has 2 rings (SSSR count). The molecule has 82 valence electrons. The first kappa shape index (κ1) is 10.9. The lowest BCUT2D eigenvalue weighted by Crippen LogP contribution is -3.13. The van der Waals surface area contributed by atoms with Crippen molar-refractivity contribution in [2.24, 2.45) is 0 Å². The molecule has 1 N–H and O–H groups in total. The molecule has 0 amide bonds. The van der Waals surface area contributed by atoms with Crippen LogP contribution in [0, 0.1) is 0 Å². The van der Waals surface area contributed by atoms with E-state index in [9.17, 15) is 0 Å². The van der Waals surface area contributed by atoms with Crippen molar-refractivity contribution >= 4 is 11.6 Å². The van der Waals surface area contributed by atoms with Gasteiger partial charge in [0.2, 0.25) is 0 Å². The summed E-state index contributed by atoms with van der Waals surface area (Å²) in [6, 6.07) is 10.6. The first-order valence-corrected chi connectivity index (χ1v) is 5.97. The second-order valence-electron chi connectivity index (χ2n) is 4.01. The van der Waals surface area contributed by atoms with E-state index in [2.05, 4.69) is 30.3 Å². The van der Waals surface area contributed by atoms with Crippen LogP contribution in [0.4, 0.5) is 0 Å². The molecule has 1 fully saturated rings. The van der Waals surface area contributed by atoms with Gasteiger partial charge in [0, 0.05) is 5.56 Å². The maximum Gasteiger partial charge on any atom is 0.120 e. The van der Waals surface area contributed by atoms with Crippen molar-refractivity contribution in [2.75, 3.05) is 25.6 Å². The van der Waals surface area contributed by atoms with E-state index in [1.54, 1.807) is 4.90 Å². The molecule has 1 aromatic rings. The average Bonchev–Trinajstić information content (AvgIpc) is 2.31. The zero-order valence-corrected chi connectivity index (χ0v) is 9.54. The van der Waals surface area contributed by atoms with E-state index in [1.807, 2.05) is 0 Å². The van der Waals surface area contributed by atoms with Crippen molar-refractivity contribution in [2.45, 2.75) is 12.6 Å². The zero-order chi connectivity index (χ0) is 10.5. The van der Waals surface area contributed by atoms with Gasteiger partial charge in [-0.2, -0.15) is 0 Å². The summed E-state index contributed by atoms with van der Waals surface area (Å²) in [6.07, 6.45) is 0.235. The molecule has 1 heterocycles. The van der Waals surface area contributed by atoms with Gasteiger partial charge < -0.3 is 9.64 Å². The third-order valence-electron chi connectivity index (χ3n) is 2.79. The molecule has 2 nitrogen and oxygen atoms in total. The van der Waals surface area contributed by atoms with Crippen LogP contribution in [-0.2, 0) is 11.3 Å². The van der Waals surface area contributed by atoms with Gasteiger partial charge in [0.05, 0.1) is 12.5 Å². The summed E-state index contributed by atoms with van der Waals surface area (Å²) >= 11 is 5.81. The topological polar surface area (TPSA) is 13.7 Å². The Kier molecular flexibility index (Phi) is 4.01. The van der Waals surface area contributed by atoms with E-state index in [0.717, 1.165) is 26.2 Å². The number of rotatable bonds is 3. The van der Waals surface area contributed by atoms with Crippen molar-refractivity contribution in [3.8, 4) is 0 Å². The highest BCUT2D eigenvalue weighted by Gasteiger charge is 2.22. The summed E-state index contributed by atoms with van der Waals surface area (Å²) in [4.78, 5) is 1.57. The fourth-order valence-corrected chi connectivity index (χ4v) is 2.20. The fraction of sp³-hybridized carbons (Fsp3) is 0.500. The molecular weight excluding hydrogens is 210 g/mol. The number of hydrogen-bond acceptors (Lipinski definition) is 1. The lowest BCUT2D eigenvalue weighted by molar-refractivity contribution is -0.924. The SMILES string of the molecule is ClC[C@H]1C[NH+](Cc2ccccc2)CCO1. The van der Waals surface area contributed by atoms with Crippen LogP contribution in [0.25, 0.3) is 0 Å². The Hall–Kier alpha value is -0.570. The smallest absolute Gasteiger partial charge is 0.120 e. The van der Waals surface area contributed by atoms with Crippen LogP contribution in [0.5, 0.6) is 0 Å². The maximum absolute atomic E-state index is 5.81. The van der Waals surface area contributed by atoms with Crippen LogP contribution in [0.15, 0.2) is 30.3 Å². The Morgan fingerprint density at radius 3 is 2.87 bits per heavy atom. The molecule has 15 heavy (non-hydrogen) atoms. The molecule has 0 aromatic heterocycles. The normalized spacial score (nSPS) is 26.5. The Bertz CT molecular complexity index is 291. The van der Waals surface area contributed by atoms with Gasteiger partial charge in [-0.1, -0.05) is 30.3 Å². The molecule has 0 spiro atoms. The zero-order valence-electron chi connectivity index (χ0n) is 8.79. The lowest BCUT2D eigenvalue weighted by atomic mass is 10.2. The van der Waals surface area contributed by atoms with E-state index >= 15 is 0 Å². The highest BCUT2D eigenvalue weighted by molar-refractivity contribution is 6.18. The number of halogens is 1. The quantitative estimate of drug-likeness (QED) is 0.750. The highest BCUT2D eigenvalue weighted by atomic mass is 35.5. The summed E-state index contributed by atoms with van der Waals surface area (Å²) < 4.78 is 5.54. The Labute approximate surface area is 95.8 Å². The van der Waals surface area contributed by atoms with Gasteiger partial charge in [-0.3, -0.25) is 0 Å². The lowest BCUT2D eigenvalue weighted by Gasteiger charge is -2.29. The molecule has 0 aliphatic carbocycles. The van der Waals surface area contributed by atoms with E-state index in [1.165, 1.54) is 5.56 Å². The number of alkyl halides is 1. The number of ether oxygens (including phenoxy) is 1. The number of benzene rings is 1. The van der Waals surface area contributed by atoms with Crippen molar-refractivity contribution < 1.29 is 9.64 Å². The number of hydrogen-bond donors (Lipinski definition) is 1. The third kappa shape index (κ3) is 3.20. The first-order chi connectivity index (χ1) is 7.38. The van der Waals surface area contributed by atoms with Crippen molar-refractivity contribution in [1.29, 1.82) is 0 Å². The number of morpholine rings is 1. The third-order valence-corrected chi connectivity index (χ3v) is 3.14. The van der Waals surface area contributed by atoms with Crippen LogP contribution in [0.3, 0.4) is 0 Å². The number of nitrogens with one attached hydrogen (secondary N) is 1. The predicted octanol–water partition coefficient (Wildman–Crippen LogP) is 0.709. The van der Waals surface area contributed by atoms with Crippen LogP contribution in [0.2, 0.25) is 0 Å². The molecule has 2 atom stereocenters. The van der Waals surface area contributed by atoms with Gasteiger partial charge in [-0.05, 0) is 0 Å². The second kappa shape index (κ2) is 5.50. The van der Waals surface area contributed by atoms with Gasteiger partial charge >= 0.3 is 0 Å². The largest absolute Gasteiger partial charge is 0.365 e. The molecule has 3 heteroatoms.